The molecule has 0 aromatic rings. The van der Waals surface area contributed by atoms with Gasteiger partial charge < -0.3 is 10.6 Å². The van der Waals surface area contributed by atoms with Gasteiger partial charge in [0.05, 0.1) is 0 Å². The van der Waals surface area contributed by atoms with Gasteiger partial charge in [0, 0.05) is 38.5 Å². The van der Waals surface area contributed by atoms with E-state index in [4.69, 9.17) is 0 Å². The summed E-state index contributed by atoms with van der Waals surface area (Å²) in [5.74, 6) is 0.433. The molecule has 0 aliphatic carbocycles. The molecular formula is C53H107N3O2. The number of hydrogen-bond donors (Lipinski definition) is 2. The molecule has 0 aliphatic rings. The Labute approximate surface area is 365 Å². The summed E-state index contributed by atoms with van der Waals surface area (Å²) in [4.78, 5) is 27.2. The Morgan fingerprint density at radius 1 is 0.362 bits per heavy atom. The maximum Gasteiger partial charge on any atom is 0.220 e. The zero-order valence-electron chi connectivity index (χ0n) is 40.4. The molecule has 0 spiro atoms. The van der Waals surface area contributed by atoms with Crippen LogP contribution in [-0.4, -0.2) is 48.9 Å². The highest BCUT2D eigenvalue weighted by atomic mass is 16.2. The second-order valence-electron chi connectivity index (χ2n) is 18.5. The number of carbonyl (C=O) groups is 2. The largest absolute Gasteiger partial charge is 0.356 e. The van der Waals surface area contributed by atoms with Gasteiger partial charge in [0.2, 0.25) is 11.8 Å². The maximum atomic E-state index is 12.4. The average Bonchev–Trinajstić information content (AvgIpc) is 3.22. The van der Waals surface area contributed by atoms with E-state index >= 15 is 0 Å². The zero-order chi connectivity index (χ0) is 42.3. The Kier molecular flexibility index (Phi) is 47.6. The number of unbranched alkanes of at least 4 members (excludes halogenated alkanes) is 36. The summed E-state index contributed by atoms with van der Waals surface area (Å²) in [6, 6.07) is 0.457. The number of likely N-dealkylation sites (N-methyl/N-ethyl adjacent to an activating group) is 1. The van der Waals surface area contributed by atoms with Crippen molar-refractivity contribution in [1.29, 1.82) is 0 Å². The first kappa shape index (κ1) is 56.9. The molecule has 0 aliphatic heterocycles. The summed E-state index contributed by atoms with van der Waals surface area (Å²) in [6.45, 7) is 12.5. The Morgan fingerprint density at radius 2 is 0.621 bits per heavy atom. The van der Waals surface area contributed by atoms with Crippen molar-refractivity contribution in [2.75, 3.05) is 26.2 Å². The molecule has 0 saturated carbocycles. The highest BCUT2D eigenvalue weighted by Crippen LogP contribution is 2.17. The number of nitrogens with zero attached hydrogens (tertiary/aromatic N) is 1. The van der Waals surface area contributed by atoms with Crippen LogP contribution in [0.5, 0.6) is 0 Å². The normalized spacial score (nSPS) is 12.1. The minimum Gasteiger partial charge on any atom is -0.356 e. The van der Waals surface area contributed by atoms with Gasteiger partial charge in [0.1, 0.15) is 0 Å². The minimum atomic E-state index is 0.211. The highest BCUT2D eigenvalue weighted by Gasteiger charge is 2.12. The van der Waals surface area contributed by atoms with E-state index in [9.17, 15) is 9.59 Å². The van der Waals surface area contributed by atoms with Gasteiger partial charge in [-0.15, -0.1) is 0 Å². The van der Waals surface area contributed by atoms with E-state index in [1.807, 2.05) is 0 Å². The molecule has 2 amide bonds. The van der Waals surface area contributed by atoms with Crippen molar-refractivity contribution < 1.29 is 9.59 Å². The predicted octanol–water partition coefficient (Wildman–Crippen LogP) is 16.4. The van der Waals surface area contributed by atoms with Crippen molar-refractivity contribution in [3.05, 3.63) is 0 Å². The first-order valence-electron chi connectivity index (χ1n) is 26.8. The lowest BCUT2D eigenvalue weighted by atomic mass is 10.0. The average molecular weight is 818 g/mol. The van der Waals surface area contributed by atoms with Crippen molar-refractivity contribution in [3.63, 3.8) is 0 Å². The summed E-state index contributed by atoms with van der Waals surface area (Å²) < 4.78 is 0. The smallest absolute Gasteiger partial charge is 0.220 e. The van der Waals surface area contributed by atoms with Crippen LogP contribution >= 0.6 is 0 Å². The second-order valence-corrected chi connectivity index (χ2v) is 18.5. The lowest BCUT2D eigenvalue weighted by Crippen LogP contribution is -2.40. The monoisotopic (exact) mass is 818 g/mol. The number of amides is 2. The van der Waals surface area contributed by atoms with Crippen LogP contribution in [-0.2, 0) is 9.59 Å². The fourth-order valence-corrected chi connectivity index (χ4v) is 8.74. The molecule has 0 aromatic carbocycles. The zero-order valence-corrected chi connectivity index (χ0v) is 40.4. The lowest BCUT2D eigenvalue weighted by Gasteiger charge is -2.28. The van der Waals surface area contributed by atoms with Gasteiger partial charge in [0.15, 0.2) is 0 Å². The third kappa shape index (κ3) is 44.5. The summed E-state index contributed by atoms with van der Waals surface area (Å²) in [7, 11) is 0. The number of rotatable bonds is 49. The first-order valence-corrected chi connectivity index (χ1v) is 26.8. The SMILES string of the molecule is CCCCCCCCCCCCCCCCCCCCCC(=O)NCCCC(C)N(CC)CCNC(=O)CCCCCCCCCCCCCCCCCCCCC. The van der Waals surface area contributed by atoms with Crippen LogP contribution in [0.2, 0.25) is 0 Å². The van der Waals surface area contributed by atoms with Gasteiger partial charge in [-0.3, -0.25) is 14.5 Å². The summed E-state index contributed by atoms with van der Waals surface area (Å²) in [5, 5.41) is 6.32. The molecule has 0 saturated heterocycles. The van der Waals surface area contributed by atoms with E-state index in [1.165, 1.54) is 231 Å². The van der Waals surface area contributed by atoms with E-state index in [0.29, 0.717) is 18.9 Å². The molecule has 0 rings (SSSR count). The Balaban J connectivity index is 3.50. The number of nitrogens with one attached hydrogen (secondary N) is 2. The molecule has 346 valence electrons. The van der Waals surface area contributed by atoms with Gasteiger partial charge in [-0.2, -0.15) is 0 Å². The standard InChI is InChI=1S/C53H107N3O2/c1-5-8-10-12-14-16-18-20-22-24-26-28-30-32-34-36-38-40-42-46-52(57)54-48-44-45-51(4)56(7-3)50-49-55-53(58)47-43-41-39-37-35-33-31-29-27-25-23-21-19-17-15-13-11-9-6-2/h51H,5-50H2,1-4H3,(H,54,57)(H,55,58). The molecule has 0 radical (unpaired) electrons. The molecule has 0 fully saturated rings. The maximum absolute atomic E-state index is 12.4. The van der Waals surface area contributed by atoms with Crippen LogP contribution < -0.4 is 10.6 Å². The number of carbonyl (C=O) groups excluding carboxylic acids is 2. The van der Waals surface area contributed by atoms with Crippen LogP contribution in [0.1, 0.15) is 297 Å². The molecule has 0 bridgehead atoms. The second kappa shape index (κ2) is 48.6. The van der Waals surface area contributed by atoms with Crippen LogP contribution in [0, 0.1) is 0 Å². The third-order valence-corrected chi connectivity index (χ3v) is 12.9. The molecule has 5 heteroatoms. The predicted molar refractivity (Wildman–Crippen MR) is 258 cm³/mol. The van der Waals surface area contributed by atoms with E-state index in [-0.39, 0.29) is 11.8 Å². The molecular weight excluding hydrogens is 711 g/mol. The Morgan fingerprint density at radius 3 is 0.897 bits per heavy atom. The molecule has 5 nitrogen and oxygen atoms in total. The molecule has 0 heterocycles. The topological polar surface area (TPSA) is 61.4 Å². The molecule has 2 N–H and O–H groups in total. The Hall–Kier alpha value is -1.10. The van der Waals surface area contributed by atoms with Gasteiger partial charge >= 0.3 is 0 Å². The molecule has 0 aromatic heterocycles. The summed E-state index contributed by atoms with van der Waals surface area (Å²) >= 11 is 0. The summed E-state index contributed by atoms with van der Waals surface area (Å²) in [6.07, 6.45) is 55.8. The van der Waals surface area contributed by atoms with Gasteiger partial charge in [-0.05, 0) is 39.2 Å². The molecule has 1 atom stereocenters. The van der Waals surface area contributed by atoms with Crippen molar-refractivity contribution in [3.8, 4) is 0 Å². The van der Waals surface area contributed by atoms with Gasteiger partial charge in [-0.1, -0.05) is 252 Å². The van der Waals surface area contributed by atoms with Crippen molar-refractivity contribution in [2.45, 2.75) is 303 Å². The fraction of sp³-hybridized carbons (Fsp3) is 0.962. The molecule has 58 heavy (non-hydrogen) atoms. The molecule has 1 unspecified atom stereocenters. The van der Waals surface area contributed by atoms with Gasteiger partial charge in [-0.25, -0.2) is 0 Å². The van der Waals surface area contributed by atoms with E-state index < -0.39 is 0 Å². The minimum absolute atomic E-state index is 0.211. The number of hydrogen-bond acceptors (Lipinski definition) is 3. The quantitative estimate of drug-likeness (QED) is 0.0601. The fourth-order valence-electron chi connectivity index (χ4n) is 8.74. The van der Waals surface area contributed by atoms with Crippen LogP contribution in [0.25, 0.3) is 0 Å². The van der Waals surface area contributed by atoms with Crippen LogP contribution in [0.3, 0.4) is 0 Å². The van der Waals surface area contributed by atoms with Crippen molar-refractivity contribution in [2.24, 2.45) is 0 Å². The van der Waals surface area contributed by atoms with E-state index in [1.54, 1.807) is 0 Å². The highest BCUT2D eigenvalue weighted by molar-refractivity contribution is 5.76. The van der Waals surface area contributed by atoms with Crippen LogP contribution in [0.15, 0.2) is 0 Å². The summed E-state index contributed by atoms with van der Waals surface area (Å²) in [5.41, 5.74) is 0. The van der Waals surface area contributed by atoms with E-state index in [2.05, 4.69) is 43.2 Å². The lowest BCUT2D eigenvalue weighted by molar-refractivity contribution is -0.122. The third-order valence-electron chi connectivity index (χ3n) is 12.9. The van der Waals surface area contributed by atoms with Crippen LogP contribution in [0.4, 0.5) is 0 Å². The van der Waals surface area contributed by atoms with Crippen molar-refractivity contribution >= 4 is 11.8 Å². The first-order chi connectivity index (χ1) is 28.5. The van der Waals surface area contributed by atoms with E-state index in [0.717, 1.165) is 51.9 Å². The Bertz CT molecular complexity index is 819. The van der Waals surface area contributed by atoms with Gasteiger partial charge in [0.25, 0.3) is 0 Å². The van der Waals surface area contributed by atoms with Crippen molar-refractivity contribution in [1.82, 2.24) is 15.5 Å².